The predicted molar refractivity (Wildman–Crippen MR) is 85.9 cm³/mol. The highest BCUT2D eigenvalue weighted by molar-refractivity contribution is 7.71. The Bertz CT molecular complexity index is 428. The highest BCUT2D eigenvalue weighted by Crippen LogP contribution is 2.10. The predicted octanol–water partition coefficient (Wildman–Crippen LogP) is 4.38. The summed E-state index contributed by atoms with van der Waals surface area (Å²) in [7, 11) is 0. The van der Waals surface area contributed by atoms with Crippen molar-refractivity contribution in [3.8, 4) is 0 Å². The molecule has 2 N–H and O–H groups in total. The maximum atomic E-state index is 5.13. The number of aromatic nitrogens is 3. The van der Waals surface area contributed by atoms with Gasteiger partial charge in [0.05, 0.1) is 0 Å². The molecule has 1 rings (SSSR count). The Morgan fingerprint density at radius 1 is 0.947 bits per heavy atom. The number of hydrogen-bond acceptors (Lipinski definition) is 4. The van der Waals surface area contributed by atoms with E-state index in [0.29, 0.717) is 9.54 Å². The van der Waals surface area contributed by atoms with E-state index >= 15 is 0 Å². The van der Waals surface area contributed by atoms with Gasteiger partial charge in [-0.15, -0.1) is 0 Å². The Morgan fingerprint density at radius 3 is 2.00 bits per heavy atom. The summed E-state index contributed by atoms with van der Waals surface area (Å²) in [6, 6.07) is 0. The lowest BCUT2D eigenvalue weighted by Crippen LogP contribution is -2.28. The molecule has 0 aliphatic heterocycles. The molecule has 0 radical (unpaired) electrons. The molecule has 0 saturated heterocycles. The molecule has 19 heavy (non-hydrogen) atoms. The standard InChI is InChI=1S/C13H24N4S2/c1-3-5-7-9-17(10-8-6-4-2)11-14-12(18)16-13(19)15-11/h3-10H2,1-2H3,(H2,14,15,16,18,19). The van der Waals surface area contributed by atoms with Crippen molar-refractivity contribution in [2.24, 2.45) is 0 Å². The van der Waals surface area contributed by atoms with Gasteiger partial charge in [0.15, 0.2) is 4.77 Å². The van der Waals surface area contributed by atoms with E-state index in [9.17, 15) is 0 Å². The molecule has 0 fully saturated rings. The van der Waals surface area contributed by atoms with E-state index in [-0.39, 0.29) is 0 Å². The lowest BCUT2D eigenvalue weighted by molar-refractivity contribution is 0.624. The van der Waals surface area contributed by atoms with Gasteiger partial charge in [0.2, 0.25) is 10.7 Å². The van der Waals surface area contributed by atoms with Crippen molar-refractivity contribution in [3.63, 3.8) is 0 Å². The molecular weight excluding hydrogens is 276 g/mol. The molecule has 0 spiro atoms. The minimum Gasteiger partial charge on any atom is -0.342 e. The van der Waals surface area contributed by atoms with Crippen LogP contribution >= 0.6 is 24.4 Å². The third-order valence-corrected chi connectivity index (χ3v) is 3.41. The first-order valence-electron chi connectivity index (χ1n) is 7.13. The fourth-order valence-electron chi connectivity index (χ4n) is 1.96. The highest BCUT2D eigenvalue weighted by atomic mass is 32.1. The monoisotopic (exact) mass is 300 g/mol. The lowest BCUT2D eigenvalue weighted by Gasteiger charge is -2.23. The number of aromatic amines is 2. The van der Waals surface area contributed by atoms with Crippen LogP contribution in [0.1, 0.15) is 52.4 Å². The summed E-state index contributed by atoms with van der Waals surface area (Å²) in [4.78, 5) is 12.6. The molecule has 1 heterocycles. The van der Waals surface area contributed by atoms with Crippen LogP contribution in [0, 0.1) is 9.54 Å². The number of anilines is 1. The summed E-state index contributed by atoms with van der Waals surface area (Å²) in [5, 5.41) is 0. The average molecular weight is 300 g/mol. The number of rotatable bonds is 9. The first-order chi connectivity index (χ1) is 9.17. The number of hydrogen-bond donors (Lipinski definition) is 2. The van der Waals surface area contributed by atoms with E-state index in [4.69, 9.17) is 24.4 Å². The van der Waals surface area contributed by atoms with Gasteiger partial charge in [-0.25, -0.2) is 0 Å². The van der Waals surface area contributed by atoms with Gasteiger partial charge >= 0.3 is 0 Å². The SMILES string of the molecule is CCCCCN(CCCCC)c1nc(=S)[nH]c(=S)[nH]1. The van der Waals surface area contributed by atoms with Gasteiger partial charge in [0.1, 0.15) is 0 Å². The molecule has 0 aromatic carbocycles. The van der Waals surface area contributed by atoms with Crippen molar-refractivity contribution in [2.45, 2.75) is 52.4 Å². The Labute approximate surface area is 125 Å². The van der Waals surface area contributed by atoms with E-state index in [0.717, 1.165) is 19.0 Å². The van der Waals surface area contributed by atoms with Gasteiger partial charge in [0.25, 0.3) is 0 Å². The molecule has 108 valence electrons. The second-order valence-corrected chi connectivity index (χ2v) is 5.52. The van der Waals surface area contributed by atoms with Gasteiger partial charge in [-0.05, 0) is 37.3 Å². The molecule has 0 unspecified atom stereocenters. The molecule has 1 aromatic rings. The van der Waals surface area contributed by atoms with E-state index < -0.39 is 0 Å². The number of nitrogens with one attached hydrogen (secondary N) is 2. The molecule has 0 saturated carbocycles. The van der Waals surface area contributed by atoms with E-state index in [1.54, 1.807) is 0 Å². The van der Waals surface area contributed by atoms with Crippen LogP contribution in [0.4, 0.5) is 5.95 Å². The fraction of sp³-hybridized carbons (Fsp3) is 0.769. The molecule has 0 aliphatic rings. The largest absolute Gasteiger partial charge is 0.342 e. The van der Waals surface area contributed by atoms with Gasteiger partial charge in [-0.3, -0.25) is 0 Å². The Balaban J connectivity index is 2.74. The van der Waals surface area contributed by atoms with Crippen molar-refractivity contribution < 1.29 is 0 Å². The summed E-state index contributed by atoms with van der Waals surface area (Å²) in [6.07, 6.45) is 7.28. The smallest absolute Gasteiger partial charge is 0.207 e. The van der Waals surface area contributed by atoms with Crippen LogP contribution in [0.3, 0.4) is 0 Å². The summed E-state index contributed by atoms with van der Waals surface area (Å²) < 4.78 is 1.00. The highest BCUT2D eigenvalue weighted by Gasteiger charge is 2.08. The second-order valence-electron chi connectivity index (χ2n) is 4.72. The van der Waals surface area contributed by atoms with E-state index in [1.807, 2.05) is 0 Å². The van der Waals surface area contributed by atoms with Crippen molar-refractivity contribution in [3.05, 3.63) is 9.54 Å². The van der Waals surface area contributed by atoms with Crippen LogP contribution < -0.4 is 4.90 Å². The van der Waals surface area contributed by atoms with Crippen molar-refractivity contribution in [1.29, 1.82) is 0 Å². The Hall–Kier alpha value is -0.750. The molecular formula is C13H24N4S2. The van der Waals surface area contributed by atoms with Crippen LogP contribution in [0.25, 0.3) is 0 Å². The van der Waals surface area contributed by atoms with Crippen molar-refractivity contribution in [1.82, 2.24) is 15.0 Å². The van der Waals surface area contributed by atoms with Gasteiger partial charge in [-0.2, -0.15) is 4.98 Å². The zero-order valence-electron chi connectivity index (χ0n) is 11.9. The van der Waals surface area contributed by atoms with Crippen LogP contribution in [-0.2, 0) is 0 Å². The van der Waals surface area contributed by atoms with E-state index in [1.165, 1.54) is 38.5 Å². The number of nitrogens with zero attached hydrogens (tertiary/aromatic N) is 2. The first kappa shape index (κ1) is 16.3. The fourth-order valence-corrected chi connectivity index (χ4v) is 2.40. The zero-order chi connectivity index (χ0) is 14.1. The number of unbranched alkanes of at least 4 members (excludes halogenated alkanes) is 4. The molecule has 0 atom stereocenters. The van der Waals surface area contributed by atoms with Crippen LogP contribution in [0.5, 0.6) is 0 Å². The van der Waals surface area contributed by atoms with Crippen LogP contribution in [0.15, 0.2) is 0 Å². The minimum absolute atomic E-state index is 0.453. The third-order valence-electron chi connectivity index (χ3n) is 3.02. The Morgan fingerprint density at radius 2 is 1.53 bits per heavy atom. The maximum Gasteiger partial charge on any atom is 0.207 e. The normalized spacial score (nSPS) is 10.6. The number of H-pyrrole nitrogens is 2. The lowest BCUT2D eigenvalue weighted by atomic mass is 10.2. The summed E-state index contributed by atoms with van der Waals surface area (Å²) >= 11 is 10.2. The molecule has 0 amide bonds. The third kappa shape index (κ3) is 6.29. The summed E-state index contributed by atoms with van der Waals surface area (Å²) in [5.41, 5.74) is 0. The van der Waals surface area contributed by atoms with Crippen molar-refractivity contribution >= 4 is 30.4 Å². The van der Waals surface area contributed by atoms with Gasteiger partial charge in [-0.1, -0.05) is 39.5 Å². The van der Waals surface area contributed by atoms with Gasteiger partial charge in [0, 0.05) is 13.1 Å². The van der Waals surface area contributed by atoms with E-state index in [2.05, 4.69) is 33.7 Å². The second kappa shape index (κ2) is 9.20. The van der Waals surface area contributed by atoms with Crippen LogP contribution in [-0.4, -0.2) is 28.0 Å². The topological polar surface area (TPSA) is 47.7 Å². The summed E-state index contributed by atoms with van der Waals surface area (Å²) in [6.45, 7) is 6.45. The minimum atomic E-state index is 0.453. The zero-order valence-corrected chi connectivity index (χ0v) is 13.5. The molecule has 0 bridgehead atoms. The molecule has 6 heteroatoms. The Kier molecular flexibility index (Phi) is 7.90. The molecule has 0 aliphatic carbocycles. The first-order valence-corrected chi connectivity index (χ1v) is 7.94. The van der Waals surface area contributed by atoms with Crippen LogP contribution in [0.2, 0.25) is 0 Å². The molecule has 4 nitrogen and oxygen atoms in total. The van der Waals surface area contributed by atoms with Crippen molar-refractivity contribution in [2.75, 3.05) is 18.0 Å². The molecule has 1 aromatic heterocycles. The van der Waals surface area contributed by atoms with Gasteiger partial charge < -0.3 is 14.9 Å². The summed E-state index contributed by atoms with van der Waals surface area (Å²) in [5.74, 6) is 0.806. The average Bonchev–Trinajstić information content (AvgIpc) is 2.36. The quantitative estimate of drug-likeness (QED) is 0.525. The maximum absolute atomic E-state index is 5.13.